The van der Waals surface area contributed by atoms with Crippen LogP contribution >= 0.6 is 0 Å². The summed E-state index contributed by atoms with van der Waals surface area (Å²) in [5, 5.41) is 28.5. The molecule has 150 valence electrons. The molecule has 0 spiro atoms. The summed E-state index contributed by atoms with van der Waals surface area (Å²) in [7, 11) is 0. The first-order valence-electron chi connectivity index (χ1n) is 9.40. The molecule has 2 fully saturated rings. The number of carbonyl (C=O) groups excluding carboxylic acids is 1. The van der Waals surface area contributed by atoms with Crippen molar-refractivity contribution in [3.63, 3.8) is 0 Å². The number of aliphatic hydroxyl groups excluding tert-OH is 3. The lowest BCUT2D eigenvalue weighted by Gasteiger charge is -2.21. The largest absolute Gasteiger partial charge is 0.462 e. The molecule has 8 nitrogen and oxygen atoms in total. The molecule has 0 radical (unpaired) electrons. The summed E-state index contributed by atoms with van der Waals surface area (Å²) in [4.78, 5) is 17.4. The Morgan fingerprint density at radius 2 is 1.81 bits per heavy atom. The highest BCUT2D eigenvalue weighted by Crippen LogP contribution is 2.24. The number of hydrogen-bond acceptors (Lipinski definition) is 8. The first-order chi connectivity index (χ1) is 13.1. The molecule has 1 heterocycles. The molecule has 0 amide bonds. The third-order valence-electron chi connectivity index (χ3n) is 5.09. The van der Waals surface area contributed by atoms with Crippen LogP contribution in [0.4, 0.5) is 5.69 Å². The van der Waals surface area contributed by atoms with E-state index < -0.39 is 31.2 Å². The number of rotatable bonds is 7. The lowest BCUT2D eigenvalue weighted by molar-refractivity contribution is -0.153. The van der Waals surface area contributed by atoms with Gasteiger partial charge < -0.3 is 24.8 Å². The maximum Gasteiger partial charge on any atom is 0.338 e. The summed E-state index contributed by atoms with van der Waals surface area (Å²) in [5.41, 5.74) is 3.59. The van der Waals surface area contributed by atoms with E-state index in [9.17, 15) is 15.0 Å². The first-order valence-corrected chi connectivity index (χ1v) is 9.40. The van der Waals surface area contributed by atoms with Gasteiger partial charge in [0.15, 0.2) is 0 Å². The highest BCUT2D eigenvalue weighted by atomic mass is 16.8. The normalized spacial score (nSPS) is 28.9. The minimum atomic E-state index is -1.27. The van der Waals surface area contributed by atoms with Gasteiger partial charge in [0.1, 0.15) is 18.3 Å². The van der Waals surface area contributed by atoms with Crippen LogP contribution in [0.15, 0.2) is 24.3 Å². The molecule has 1 aromatic rings. The average Bonchev–Trinajstić information content (AvgIpc) is 2.99. The van der Waals surface area contributed by atoms with Crippen LogP contribution < -0.4 is 5.48 Å². The van der Waals surface area contributed by atoms with Gasteiger partial charge in [0, 0.05) is 0 Å². The monoisotopic (exact) mass is 381 g/mol. The van der Waals surface area contributed by atoms with Gasteiger partial charge >= 0.3 is 5.97 Å². The van der Waals surface area contributed by atoms with Crippen molar-refractivity contribution in [3.8, 4) is 0 Å². The molecule has 1 aliphatic heterocycles. The van der Waals surface area contributed by atoms with Crippen molar-refractivity contribution < 1.29 is 34.4 Å². The minimum Gasteiger partial charge on any atom is -0.462 e. The molecule has 1 saturated carbocycles. The van der Waals surface area contributed by atoms with Crippen LogP contribution in [0.25, 0.3) is 0 Å². The van der Waals surface area contributed by atoms with Crippen molar-refractivity contribution in [1.82, 2.24) is 0 Å². The van der Waals surface area contributed by atoms with Gasteiger partial charge in [0.2, 0.25) is 6.29 Å². The summed E-state index contributed by atoms with van der Waals surface area (Å²) >= 11 is 0. The molecular weight excluding hydrogens is 354 g/mol. The zero-order chi connectivity index (χ0) is 19.2. The van der Waals surface area contributed by atoms with Crippen molar-refractivity contribution in [2.45, 2.75) is 56.7 Å². The Hall–Kier alpha value is -1.71. The third kappa shape index (κ3) is 5.18. The Morgan fingerprint density at radius 1 is 1.11 bits per heavy atom. The second kappa shape index (κ2) is 9.48. The molecule has 1 aromatic carbocycles. The predicted octanol–water partition coefficient (Wildman–Crippen LogP) is 1.21. The van der Waals surface area contributed by atoms with Gasteiger partial charge in [-0.15, -0.1) is 0 Å². The third-order valence-corrected chi connectivity index (χ3v) is 5.09. The van der Waals surface area contributed by atoms with E-state index in [0.29, 0.717) is 23.8 Å². The van der Waals surface area contributed by atoms with Crippen LogP contribution in [0.2, 0.25) is 0 Å². The van der Waals surface area contributed by atoms with Gasteiger partial charge in [0.25, 0.3) is 0 Å². The molecule has 0 aromatic heterocycles. The van der Waals surface area contributed by atoms with Crippen molar-refractivity contribution >= 4 is 11.7 Å². The molecule has 8 heteroatoms. The zero-order valence-electron chi connectivity index (χ0n) is 15.1. The number of esters is 1. The predicted molar refractivity (Wildman–Crippen MR) is 95.8 cm³/mol. The quantitative estimate of drug-likeness (QED) is 0.411. The van der Waals surface area contributed by atoms with Crippen molar-refractivity contribution in [3.05, 3.63) is 29.8 Å². The Labute approximate surface area is 158 Å². The molecule has 1 unspecified atom stereocenters. The Kier molecular flexibility index (Phi) is 7.03. The molecule has 27 heavy (non-hydrogen) atoms. The highest BCUT2D eigenvalue weighted by molar-refractivity contribution is 5.89. The molecule has 1 saturated heterocycles. The smallest absolute Gasteiger partial charge is 0.338 e. The number of hydrogen-bond donors (Lipinski definition) is 4. The Balaban J connectivity index is 1.45. The molecule has 4 atom stereocenters. The number of benzene rings is 1. The van der Waals surface area contributed by atoms with Crippen LogP contribution in [0.1, 0.15) is 42.5 Å². The minimum absolute atomic E-state index is 0.350. The lowest BCUT2D eigenvalue weighted by atomic mass is 9.90. The average molecular weight is 381 g/mol. The summed E-state index contributed by atoms with van der Waals surface area (Å²) in [6.45, 7) is 0.0446. The highest BCUT2D eigenvalue weighted by Gasteiger charge is 2.43. The number of ether oxygens (including phenoxy) is 2. The van der Waals surface area contributed by atoms with Crippen molar-refractivity contribution in [2.24, 2.45) is 5.92 Å². The maximum atomic E-state index is 12.1. The second-order valence-electron chi connectivity index (χ2n) is 7.11. The van der Waals surface area contributed by atoms with Gasteiger partial charge in [-0.1, -0.05) is 19.3 Å². The van der Waals surface area contributed by atoms with E-state index in [-0.39, 0.29) is 5.97 Å². The summed E-state index contributed by atoms with van der Waals surface area (Å²) in [5.74, 6) is 0.115. The summed E-state index contributed by atoms with van der Waals surface area (Å²) in [6, 6.07) is 6.51. The second-order valence-corrected chi connectivity index (χ2v) is 7.11. The van der Waals surface area contributed by atoms with E-state index in [1.807, 2.05) is 0 Å². The molecule has 4 N–H and O–H groups in total. The Bertz CT molecular complexity index is 603. The maximum absolute atomic E-state index is 12.1. The van der Waals surface area contributed by atoms with E-state index in [1.165, 1.54) is 19.3 Å². The van der Waals surface area contributed by atoms with Crippen LogP contribution in [0, 0.1) is 5.92 Å². The SMILES string of the molecule is O=C(OCC1CCCCC1)c1ccc(NOC2O[C@H](CO)[C@@H](O)[C@H]2O)cc1. The Morgan fingerprint density at radius 3 is 2.44 bits per heavy atom. The lowest BCUT2D eigenvalue weighted by Crippen LogP contribution is -2.35. The van der Waals surface area contributed by atoms with Gasteiger partial charge in [0.05, 0.1) is 24.5 Å². The van der Waals surface area contributed by atoms with Gasteiger partial charge in [-0.3, -0.25) is 5.48 Å². The number of aliphatic hydroxyl groups is 3. The number of anilines is 1. The number of carbonyl (C=O) groups is 1. The molecule has 0 bridgehead atoms. The van der Waals surface area contributed by atoms with Crippen LogP contribution in [0.3, 0.4) is 0 Å². The van der Waals surface area contributed by atoms with E-state index in [0.717, 1.165) is 12.8 Å². The van der Waals surface area contributed by atoms with E-state index >= 15 is 0 Å². The van der Waals surface area contributed by atoms with Gasteiger partial charge in [-0.2, -0.15) is 0 Å². The van der Waals surface area contributed by atoms with Gasteiger partial charge in [-0.05, 0) is 43.0 Å². The molecule has 2 aliphatic rings. The van der Waals surface area contributed by atoms with Crippen molar-refractivity contribution in [2.75, 3.05) is 18.7 Å². The zero-order valence-corrected chi connectivity index (χ0v) is 15.1. The van der Waals surface area contributed by atoms with Crippen LogP contribution in [-0.2, 0) is 14.3 Å². The van der Waals surface area contributed by atoms with E-state index in [2.05, 4.69) is 5.48 Å². The fraction of sp³-hybridized carbons (Fsp3) is 0.632. The fourth-order valence-electron chi connectivity index (χ4n) is 3.39. The summed E-state index contributed by atoms with van der Waals surface area (Å²) in [6.07, 6.45) is 1.42. The van der Waals surface area contributed by atoms with Crippen molar-refractivity contribution in [1.29, 1.82) is 0 Å². The topological polar surface area (TPSA) is 117 Å². The molecular formula is C19H27NO7. The van der Waals surface area contributed by atoms with E-state index in [4.69, 9.17) is 19.4 Å². The standard InChI is InChI=1S/C19H27NO7/c21-10-15-16(22)17(23)19(26-15)27-20-14-8-6-13(7-9-14)18(24)25-11-12-4-2-1-3-5-12/h6-9,12,15-17,19-23H,1-5,10-11H2/t15-,16-,17-,19?/m1/s1. The van der Waals surface area contributed by atoms with Crippen LogP contribution in [0.5, 0.6) is 0 Å². The van der Waals surface area contributed by atoms with Crippen LogP contribution in [-0.4, -0.2) is 59.1 Å². The van der Waals surface area contributed by atoms with Gasteiger partial charge in [-0.25, -0.2) is 9.63 Å². The van der Waals surface area contributed by atoms with E-state index in [1.54, 1.807) is 24.3 Å². The first kappa shape index (κ1) is 20.0. The molecule has 1 aliphatic carbocycles. The number of nitrogens with one attached hydrogen (secondary N) is 1. The summed E-state index contributed by atoms with van der Waals surface area (Å²) < 4.78 is 10.6. The molecule has 3 rings (SSSR count). The fourth-order valence-corrected chi connectivity index (χ4v) is 3.39.